The van der Waals surface area contributed by atoms with E-state index in [0.29, 0.717) is 0 Å². The summed E-state index contributed by atoms with van der Waals surface area (Å²) in [5.41, 5.74) is 2.54. The van der Waals surface area contributed by atoms with Gasteiger partial charge in [-0.25, -0.2) is 0 Å². The molecule has 0 atom stereocenters. The molecule has 0 N–H and O–H groups in total. The summed E-state index contributed by atoms with van der Waals surface area (Å²) in [5, 5.41) is 0. The van der Waals surface area contributed by atoms with E-state index in [1.54, 1.807) is 0 Å². The van der Waals surface area contributed by atoms with E-state index >= 15 is 0 Å². The Hall–Kier alpha value is -1.49. The highest BCUT2D eigenvalue weighted by molar-refractivity contribution is 5.85. The summed E-state index contributed by atoms with van der Waals surface area (Å²) in [6, 6.07) is 8.46. The number of hydrogen-bond donors (Lipinski definition) is 0. The predicted octanol–water partition coefficient (Wildman–Crippen LogP) is 4.79. The molecule has 21 heavy (non-hydrogen) atoms. The fourth-order valence-corrected chi connectivity index (χ4v) is 1.74. The topological polar surface area (TPSA) is 3.24 Å². The number of halogens is 1. The van der Waals surface area contributed by atoms with Crippen LogP contribution in [0.15, 0.2) is 43.0 Å². The van der Waals surface area contributed by atoms with E-state index in [9.17, 15) is 0 Å². The molecule has 0 amide bonds. The van der Waals surface area contributed by atoms with Gasteiger partial charge in [-0.15, -0.1) is 12.4 Å². The Balaban J connectivity index is 0.00000400. The zero-order chi connectivity index (χ0) is 15.0. The monoisotopic (exact) mass is 303 g/mol. The summed E-state index contributed by atoms with van der Waals surface area (Å²) in [4.78, 5) is 2.26. The minimum Gasteiger partial charge on any atom is -0.298 e. The van der Waals surface area contributed by atoms with Gasteiger partial charge in [0.15, 0.2) is 0 Å². The molecule has 0 saturated carbocycles. The maximum atomic E-state index is 3.80. The van der Waals surface area contributed by atoms with Crippen LogP contribution >= 0.6 is 12.4 Å². The first-order chi connectivity index (χ1) is 9.40. The van der Waals surface area contributed by atoms with Gasteiger partial charge < -0.3 is 0 Å². The summed E-state index contributed by atoms with van der Waals surface area (Å²) < 4.78 is 0. The van der Waals surface area contributed by atoms with Gasteiger partial charge >= 0.3 is 0 Å². The van der Waals surface area contributed by atoms with Crippen LogP contribution in [0.5, 0.6) is 0 Å². The smallest absolute Gasteiger partial charge is 0.0234 e. The van der Waals surface area contributed by atoms with Crippen molar-refractivity contribution in [3.8, 4) is 11.8 Å². The molecule has 0 fully saturated rings. The molecule has 0 bridgehead atoms. The normalized spacial score (nSPS) is 10.9. The lowest BCUT2D eigenvalue weighted by Crippen LogP contribution is -2.17. The van der Waals surface area contributed by atoms with Gasteiger partial charge in [-0.3, -0.25) is 4.90 Å². The molecule has 114 valence electrons. The third-order valence-electron chi connectivity index (χ3n) is 2.70. The van der Waals surface area contributed by atoms with Crippen LogP contribution in [0.3, 0.4) is 0 Å². The molecule has 0 aliphatic rings. The Morgan fingerprint density at radius 3 is 2.62 bits per heavy atom. The van der Waals surface area contributed by atoms with Crippen LogP contribution < -0.4 is 0 Å². The number of rotatable bonds is 5. The second-order valence-electron chi connectivity index (χ2n) is 6.07. The molecule has 0 radical (unpaired) electrons. The van der Waals surface area contributed by atoms with E-state index < -0.39 is 0 Å². The van der Waals surface area contributed by atoms with E-state index in [-0.39, 0.29) is 17.8 Å². The van der Waals surface area contributed by atoms with Crippen LogP contribution in [-0.2, 0) is 6.54 Å². The van der Waals surface area contributed by atoms with E-state index in [1.807, 2.05) is 12.2 Å². The lowest BCUT2D eigenvalue weighted by atomic mass is 9.98. The lowest BCUT2D eigenvalue weighted by Gasteiger charge is -2.14. The minimum atomic E-state index is 0. The first kappa shape index (κ1) is 19.5. The highest BCUT2D eigenvalue weighted by atomic mass is 35.5. The van der Waals surface area contributed by atoms with Crippen molar-refractivity contribution in [1.29, 1.82) is 0 Å². The van der Waals surface area contributed by atoms with Gasteiger partial charge in [-0.1, -0.05) is 54.8 Å². The average molecular weight is 304 g/mol. The van der Waals surface area contributed by atoms with Gasteiger partial charge in [0.1, 0.15) is 0 Å². The number of nitrogens with zero attached hydrogens (tertiary/aromatic N) is 1. The lowest BCUT2D eigenvalue weighted by molar-refractivity contribution is 0.363. The van der Waals surface area contributed by atoms with Crippen LogP contribution in [0.1, 0.15) is 31.9 Å². The van der Waals surface area contributed by atoms with Crippen molar-refractivity contribution in [2.24, 2.45) is 5.41 Å². The fourth-order valence-electron chi connectivity index (χ4n) is 1.74. The third kappa shape index (κ3) is 9.13. The molecule has 0 heterocycles. The highest BCUT2D eigenvalue weighted by Gasteiger charge is 2.02. The summed E-state index contributed by atoms with van der Waals surface area (Å²) in [5.74, 6) is 6.29. The van der Waals surface area contributed by atoms with Gasteiger partial charge in [0, 0.05) is 18.5 Å². The molecule has 0 spiro atoms. The number of likely N-dealkylation sites (N-methyl/N-ethyl adjacent to an activating group) is 1. The SMILES string of the molecule is C=Cc1cccc(CN(C)C/C=C/C#CC(C)(C)C)c1.Cl. The van der Waals surface area contributed by atoms with Crippen LogP contribution in [-0.4, -0.2) is 18.5 Å². The van der Waals surface area contributed by atoms with Gasteiger partial charge in [-0.2, -0.15) is 0 Å². The highest BCUT2D eigenvalue weighted by Crippen LogP contribution is 2.10. The van der Waals surface area contributed by atoms with E-state index in [2.05, 4.69) is 81.5 Å². The van der Waals surface area contributed by atoms with Crippen molar-refractivity contribution in [2.45, 2.75) is 27.3 Å². The summed E-state index contributed by atoms with van der Waals surface area (Å²) >= 11 is 0. The van der Waals surface area contributed by atoms with E-state index in [4.69, 9.17) is 0 Å². The van der Waals surface area contributed by atoms with Gasteiger partial charge in [0.25, 0.3) is 0 Å². The molecular formula is C19H26ClN. The van der Waals surface area contributed by atoms with Crippen LogP contribution in [0.4, 0.5) is 0 Å². The minimum absolute atomic E-state index is 0. The van der Waals surface area contributed by atoms with Crippen LogP contribution in [0, 0.1) is 17.3 Å². The zero-order valence-electron chi connectivity index (χ0n) is 13.5. The van der Waals surface area contributed by atoms with E-state index in [1.165, 1.54) is 11.1 Å². The first-order valence-corrected chi connectivity index (χ1v) is 6.98. The predicted molar refractivity (Wildman–Crippen MR) is 96.5 cm³/mol. The van der Waals surface area contributed by atoms with Crippen molar-refractivity contribution in [3.63, 3.8) is 0 Å². The molecular weight excluding hydrogens is 278 g/mol. The standard InChI is InChI=1S/C19H25N.ClH/c1-6-17-11-10-12-18(15-17)16-20(5)14-9-7-8-13-19(2,3)4;/h6-7,9-12,15H,1,14,16H2,2-5H3;1H/b9-7+;. The number of allylic oxidation sites excluding steroid dienone is 1. The Morgan fingerprint density at radius 1 is 1.29 bits per heavy atom. The molecule has 0 aliphatic heterocycles. The van der Waals surface area contributed by atoms with Gasteiger partial charge in [0.2, 0.25) is 0 Å². The number of hydrogen-bond acceptors (Lipinski definition) is 1. The van der Waals surface area contributed by atoms with Crippen molar-refractivity contribution in [2.75, 3.05) is 13.6 Å². The average Bonchev–Trinajstić information content (AvgIpc) is 2.37. The van der Waals surface area contributed by atoms with Crippen molar-refractivity contribution >= 4 is 18.5 Å². The summed E-state index contributed by atoms with van der Waals surface area (Å²) in [6.45, 7) is 12.0. The van der Waals surface area contributed by atoms with Crippen LogP contribution in [0.2, 0.25) is 0 Å². The molecule has 1 aromatic carbocycles. The Bertz CT molecular complexity index is 526. The summed E-state index contributed by atoms with van der Waals surface area (Å²) in [6.07, 6.45) is 5.93. The molecule has 0 saturated heterocycles. The molecule has 1 aromatic rings. The number of benzene rings is 1. The zero-order valence-corrected chi connectivity index (χ0v) is 14.3. The molecule has 1 nitrogen and oxygen atoms in total. The maximum absolute atomic E-state index is 3.80. The summed E-state index contributed by atoms with van der Waals surface area (Å²) in [7, 11) is 2.11. The quantitative estimate of drug-likeness (QED) is 0.707. The van der Waals surface area contributed by atoms with E-state index in [0.717, 1.165) is 13.1 Å². The van der Waals surface area contributed by atoms with Crippen molar-refractivity contribution in [3.05, 3.63) is 54.1 Å². The van der Waals surface area contributed by atoms with Gasteiger partial charge in [-0.05, 0) is 45.0 Å². The molecule has 0 unspecified atom stereocenters. The largest absolute Gasteiger partial charge is 0.298 e. The first-order valence-electron chi connectivity index (χ1n) is 6.98. The second-order valence-corrected chi connectivity index (χ2v) is 6.07. The fraction of sp³-hybridized carbons (Fsp3) is 0.368. The Kier molecular flexibility index (Phi) is 8.78. The van der Waals surface area contributed by atoms with Crippen molar-refractivity contribution in [1.82, 2.24) is 4.90 Å². The molecule has 0 aliphatic carbocycles. The maximum Gasteiger partial charge on any atom is 0.0234 e. The van der Waals surface area contributed by atoms with Crippen molar-refractivity contribution < 1.29 is 0 Å². The second kappa shape index (κ2) is 9.45. The molecule has 2 heteroatoms. The Labute approximate surface area is 136 Å². The third-order valence-corrected chi connectivity index (χ3v) is 2.70. The molecule has 1 rings (SSSR count). The van der Waals surface area contributed by atoms with Crippen LogP contribution in [0.25, 0.3) is 6.08 Å². The molecule has 0 aromatic heterocycles. The Morgan fingerprint density at radius 2 is 2.00 bits per heavy atom. The van der Waals surface area contributed by atoms with Gasteiger partial charge in [0.05, 0.1) is 0 Å².